The van der Waals surface area contributed by atoms with E-state index in [0.717, 1.165) is 38.5 Å². The molecule has 0 unspecified atom stereocenters. The summed E-state index contributed by atoms with van der Waals surface area (Å²) in [6, 6.07) is 0. The van der Waals surface area contributed by atoms with Gasteiger partial charge in [-0.3, -0.25) is 0 Å². The highest BCUT2D eigenvalue weighted by Crippen LogP contribution is 2.60. The quantitative estimate of drug-likeness (QED) is 0.520. The Morgan fingerprint density at radius 1 is 1.20 bits per heavy atom. The van der Waals surface area contributed by atoms with Crippen molar-refractivity contribution < 1.29 is 15.3 Å². The van der Waals surface area contributed by atoms with Gasteiger partial charge in [-0.25, -0.2) is 0 Å². The second kappa shape index (κ2) is 9.30. The average molecular weight is 417 g/mol. The zero-order valence-corrected chi connectivity index (χ0v) is 19.7. The van der Waals surface area contributed by atoms with Crippen LogP contribution in [0.25, 0.3) is 0 Å². The lowest BCUT2D eigenvalue weighted by molar-refractivity contribution is -0.0722. The third-order valence-corrected chi connectivity index (χ3v) is 8.62. The number of fused-ring (bicyclic) bond motifs is 1. The molecular formula is C27H44O3. The molecule has 3 heteroatoms. The predicted octanol–water partition coefficient (Wildman–Crippen LogP) is 5.70. The Morgan fingerprint density at radius 3 is 2.63 bits per heavy atom. The van der Waals surface area contributed by atoms with Gasteiger partial charge >= 0.3 is 0 Å². The summed E-state index contributed by atoms with van der Waals surface area (Å²) < 4.78 is 0. The summed E-state index contributed by atoms with van der Waals surface area (Å²) in [4.78, 5) is 0. The molecule has 0 bridgehead atoms. The van der Waals surface area contributed by atoms with E-state index < -0.39 is 5.60 Å². The van der Waals surface area contributed by atoms with Crippen molar-refractivity contribution in [2.75, 3.05) is 0 Å². The summed E-state index contributed by atoms with van der Waals surface area (Å²) in [5.41, 5.74) is 3.29. The van der Waals surface area contributed by atoms with E-state index in [9.17, 15) is 15.3 Å². The number of hydrogen-bond acceptors (Lipinski definition) is 3. The van der Waals surface area contributed by atoms with Crippen molar-refractivity contribution in [3.8, 4) is 0 Å². The zero-order chi connectivity index (χ0) is 22.1. The maximum absolute atomic E-state index is 11.5. The Hall–Kier alpha value is -0.900. The van der Waals surface area contributed by atoms with Gasteiger partial charge in [-0.05, 0) is 99.9 Å². The third-order valence-electron chi connectivity index (χ3n) is 8.62. The SMILES string of the molecule is C=C1CC[C@H](O)CC1=CC=C1CCC[C@@]2(C)[C@H]1CC[C@@H]2[C@@](C)(O)CC[C@H](O)C(C)C. The molecule has 0 aromatic carbocycles. The molecule has 0 aromatic rings. The van der Waals surface area contributed by atoms with Crippen LogP contribution in [0.15, 0.2) is 35.5 Å². The third kappa shape index (κ3) is 4.95. The van der Waals surface area contributed by atoms with Gasteiger partial charge in [-0.2, -0.15) is 0 Å². The van der Waals surface area contributed by atoms with Crippen LogP contribution in [0.1, 0.15) is 91.9 Å². The number of aliphatic hydroxyl groups excluding tert-OH is 2. The van der Waals surface area contributed by atoms with Crippen LogP contribution in [0.4, 0.5) is 0 Å². The Bertz CT molecular complexity index is 686. The topological polar surface area (TPSA) is 60.7 Å². The molecular weight excluding hydrogens is 372 g/mol. The summed E-state index contributed by atoms with van der Waals surface area (Å²) in [6.07, 6.45) is 13.4. The minimum Gasteiger partial charge on any atom is -0.393 e. The van der Waals surface area contributed by atoms with Crippen molar-refractivity contribution in [2.45, 2.75) is 110 Å². The summed E-state index contributed by atoms with van der Waals surface area (Å²) >= 11 is 0. The normalized spacial score (nSPS) is 38.1. The summed E-state index contributed by atoms with van der Waals surface area (Å²) in [6.45, 7) is 12.7. The van der Waals surface area contributed by atoms with Crippen molar-refractivity contribution in [1.29, 1.82) is 0 Å². The fraction of sp³-hybridized carbons (Fsp3) is 0.778. The van der Waals surface area contributed by atoms with Gasteiger partial charge in [-0.1, -0.05) is 50.6 Å². The van der Waals surface area contributed by atoms with Gasteiger partial charge in [0.15, 0.2) is 0 Å². The lowest BCUT2D eigenvalue weighted by Gasteiger charge is -2.47. The summed E-state index contributed by atoms with van der Waals surface area (Å²) in [5.74, 6) is 1.03. The van der Waals surface area contributed by atoms with E-state index in [4.69, 9.17) is 0 Å². The Balaban J connectivity index is 1.75. The lowest BCUT2D eigenvalue weighted by Crippen LogP contribution is -2.45. The first-order valence-electron chi connectivity index (χ1n) is 12.2. The van der Waals surface area contributed by atoms with Crippen LogP contribution in [0.2, 0.25) is 0 Å². The predicted molar refractivity (Wildman–Crippen MR) is 124 cm³/mol. The van der Waals surface area contributed by atoms with Crippen LogP contribution in [0.3, 0.4) is 0 Å². The highest BCUT2D eigenvalue weighted by Gasteiger charge is 2.54. The summed E-state index contributed by atoms with van der Waals surface area (Å²) in [5, 5.41) is 31.7. The Morgan fingerprint density at radius 2 is 1.93 bits per heavy atom. The second-order valence-electron chi connectivity index (χ2n) is 11.2. The highest BCUT2D eigenvalue weighted by atomic mass is 16.3. The molecule has 0 radical (unpaired) electrons. The van der Waals surface area contributed by atoms with Crippen LogP contribution in [0, 0.1) is 23.2 Å². The van der Waals surface area contributed by atoms with Crippen LogP contribution in [-0.4, -0.2) is 33.1 Å². The Kier molecular flexibility index (Phi) is 7.37. The standard InChI is InChI=1S/C27H44O3/c1-18(2)24(29)14-16-27(5,30)25-13-12-23-20(7-6-15-26(23,25)4)9-10-21-17-22(28)11-8-19(21)3/h9-10,18,22-25,28-30H,3,6-8,11-17H2,1-2,4-5H3/t22-,23-,24-,25-,26-,27-/m0/s1. The average Bonchev–Trinajstić information content (AvgIpc) is 3.05. The molecule has 3 fully saturated rings. The monoisotopic (exact) mass is 416 g/mol. The van der Waals surface area contributed by atoms with Gasteiger partial charge in [0.05, 0.1) is 17.8 Å². The smallest absolute Gasteiger partial charge is 0.0654 e. The molecule has 3 nitrogen and oxygen atoms in total. The van der Waals surface area contributed by atoms with Crippen LogP contribution in [0.5, 0.6) is 0 Å². The van der Waals surface area contributed by atoms with Crippen LogP contribution in [-0.2, 0) is 0 Å². The molecule has 30 heavy (non-hydrogen) atoms. The van der Waals surface area contributed by atoms with Gasteiger partial charge in [0.1, 0.15) is 0 Å². The molecule has 0 aromatic heterocycles. The van der Waals surface area contributed by atoms with Crippen molar-refractivity contribution in [3.63, 3.8) is 0 Å². The molecule has 0 amide bonds. The van der Waals surface area contributed by atoms with Crippen molar-refractivity contribution in [2.24, 2.45) is 23.2 Å². The first-order chi connectivity index (χ1) is 14.0. The van der Waals surface area contributed by atoms with E-state index in [2.05, 4.69) is 25.7 Å². The fourth-order valence-electron chi connectivity index (χ4n) is 6.60. The Labute approximate surface area is 184 Å². The van der Waals surface area contributed by atoms with Crippen LogP contribution >= 0.6 is 0 Å². The molecule has 0 spiro atoms. The molecule has 3 aliphatic carbocycles. The zero-order valence-electron chi connectivity index (χ0n) is 19.7. The van der Waals surface area contributed by atoms with E-state index in [0.29, 0.717) is 18.8 Å². The first kappa shape index (κ1) is 23.8. The van der Waals surface area contributed by atoms with E-state index in [1.165, 1.54) is 29.6 Å². The van der Waals surface area contributed by atoms with E-state index >= 15 is 0 Å². The van der Waals surface area contributed by atoms with E-state index in [1.807, 2.05) is 20.8 Å². The van der Waals surface area contributed by atoms with Gasteiger partial charge in [0.2, 0.25) is 0 Å². The first-order valence-corrected chi connectivity index (χ1v) is 12.2. The molecule has 3 N–H and O–H groups in total. The minimum absolute atomic E-state index is 0.123. The van der Waals surface area contributed by atoms with E-state index in [1.54, 1.807) is 0 Å². The molecule has 3 saturated carbocycles. The number of hydrogen-bond donors (Lipinski definition) is 3. The molecule has 0 saturated heterocycles. The number of rotatable bonds is 6. The van der Waals surface area contributed by atoms with E-state index in [-0.39, 0.29) is 29.5 Å². The van der Waals surface area contributed by atoms with Gasteiger partial charge in [0, 0.05) is 0 Å². The summed E-state index contributed by atoms with van der Waals surface area (Å²) in [7, 11) is 0. The largest absolute Gasteiger partial charge is 0.393 e. The van der Waals surface area contributed by atoms with Crippen molar-refractivity contribution in [3.05, 3.63) is 35.5 Å². The maximum Gasteiger partial charge on any atom is 0.0654 e. The van der Waals surface area contributed by atoms with Crippen molar-refractivity contribution >= 4 is 0 Å². The van der Waals surface area contributed by atoms with Crippen molar-refractivity contribution in [1.82, 2.24) is 0 Å². The molecule has 0 heterocycles. The van der Waals surface area contributed by atoms with Gasteiger partial charge < -0.3 is 15.3 Å². The fourth-order valence-corrected chi connectivity index (χ4v) is 6.60. The lowest BCUT2D eigenvalue weighted by atomic mass is 9.59. The molecule has 6 atom stereocenters. The molecule has 3 rings (SSSR count). The minimum atomic E-state index is -0.734. The van der Waals surface area contributed by atoms with Gasteiger partial charge in [-0.15, -0.1) is 0 Å². The van der Waals surface area contributed by atoms with Crippen LogP contribution < -0.4 is 0 Å². The molecule has 0 aliphatic heterocycles. The molecule has 3 aliphatic rings. The molecule has 170 valence electrons. The number of aliphatic hydroxyl groups is 3. The maximum atomic E-state index is 11.5. The number of allylic oxidation sites excluding steroid dienone is 4. The second-order valence-corrected chi connectivity index (χ2v) is 11.2. The van der Waals surface area contributed by atoms with Gasteiger partial charge in [0.25, 0.3) is 0 Å². The highest BCUT2D eigenvalue weighted by molar-refractivity contribution is 5.36.